The van der Waals surface area contributed by atoms with Gasteiger partial charge in [0.1, 0.15) is 0 Å². The van der Waals surface area contributed by atoms with E-state index in [1.807, 2.05) is 36.4 Å². The summed E-state index contributed by atoms with van der Waals surface area (Å²) >= 11 is 0. The quantitative estimate of drug-likeness (QED) is 0.0724. The molecule has 0 aliphatic carbocycles. The molecule has 4 rings (SSSR count). The van der Waals surface area contributed by atoms with Gasteiger partial charge < -0.3 is 9.11 Å². The fourth-order valence-corrected chi connectivity index (χ4v) is 2.53. The number of hydrazone groups is 2. The summed E-state index contributed by atoms with van der Waals surface area (Å²) in [5.74, 6) is -0.476. The Morgan fingerprint density at radius 2 is 0.843 bits per heavy atom. The van der Waals surface area contributed by atoms with E-state index in [-0.39, 0.29) is 49.6 Å². The second kappa shape index (κ2) is 22.5. The Balaban J connectivity index is 0.000000692. The number of carbonyl (C=O) groups excluding carboxylic acids is 2. The van der Waals surface area contributed by atoms with Gasteiger partial charge >= 0.3 is 48.8 Å². The minimum atomic E-state index is -6.09. The standard InChI is InChI=1S/2C13H11N3O.2CHF3O3S.Ca/c2*17-13(11-6-2-1-3-7-11)16-15-10-12-8-4-5-9-14-12;2*2-1(3,4)8(5,6)7;/h2*1-10H,(H,16,17);2*(H,5,6,7);/q;;;;+2/p-2/b2*15-10-;;;. The number of rotatable bonds is 6. The first-order valence-corrected chi connectivity index (χ1v) is 15.7. The number of nitrogens with one attached hydrogen (secondary N) is 2. The summed E-state index contributed by atoms with van der Waals surface area (Å²) in [5, 5.41) is 7.66. The van der Waals surface area contributed by atoms with Crippen LogP contribution in [0.15, 0.2) is 120 Å². The fourth-order valence-electron chi connectivity index (χ4n) is 2.53. The van der Waals surface area contributed by atoms with E-state index in [0.717, 1.165) is 0 Å². The second-order valence-corrected chi connectivity index (χ2v) is 11.2. The Labute approximate surface area is 316 Å². The Hall–Kier alpha value is -4.32. The maximum Gasteiger partial charge on any atom is 2.00 e. The number of benzene rings is 2. The molecule has 0 saturated carbocycles. The van der Waals surface area contributed by atoms with Gasteiger partial charge in [0.2, 0.25) is 0 Å². The van der Waals surface area contributed by atoms with Gasteiger partial charge in [-0.25, -0.2) is 27.7 Å². The predicted octanol–water partition coefficient (Wildman–Crippen LogP) is 3.41. The first-order valence-electron chi connectivity index (χ1n) is 12.9. The van der Waals surface area contributed by atoms with E-state index in [0.29, 0.717) is 22.5 Å². The monoisotopic (exact) mass is 788 g/mol. The number of alkyl halides is 6. The molecular weight excluding hydrogens is 767 g/mol. The van der Waals surface area contributed by atoms with Crippen molar-refractivity contribution in [3.8, 4) is 0 Å². The van der Waals surface area contributed by atoms with Gasteiger partial charge in [0.25, 0.3) is 11.8 Å². The van der Waals surface area contributed by atoms with Gasteiger partial charge in [-0.05, 0) is 48.5 Å². The van der Waals surface area contributed by atoms with E-state index in [4.69, 9.17) is 25.9 Å². The third-order valence-corrected chi connectivity index (χ3v) is 5.87. The average molecular weight is 789 g/mol. The van der Waals surface area contributed by atoms with Gasteiger partial charge in [0.05, 0.1) is 23.8 Å². The van der Waals surface area contributed by atoms with Crippen molar-refractivity contribution in [1.82, 2.24) is 20.8 Å². The summed E-state index contributed by atoms with van der Waals surface area (Å²) < 4.78 is 118. The molecule has 0 bridgehead atoms. The third kappa shape index (κ3) is 20.2. The number of pyridine rings is 2. The number of hydrogen-bond acceptors (Lipinski definition) is 12. The smallest absolute Gasteiger partial charge is 0.741 e. The SMILES string of the molecule is O=C(N/N=C\c1ccccn1)c1ccccc1.O=C(N/N=C\c1ccccn1)c1ccccc1.O=S(=O)([O-])C(F)(F)F.O=S(=O)([O-])C(F)(F)F.[Ca+2]. The van der Waals surface area contributed by atoms with Crippen LogP contribution in [0, 0.1) is 0 Å². The maximum atomic E-state index is 11.6. The molecule has 0 fully saturated rings. The van der Waals surface area contributed by atoms with Gasteiger partial charge in [0, 0.05) is 23.5 Å². The molecule has 0 radical (unpaired) electrons. The summed E-state index contributed by atoms with van der Waals surface area (Å²) in [6, 6.07) is 28.8. The van der Waals surface area contributed by atoms with Crippen molar-refractivity contribution in [3.63, 3.8) is 0 Å². The van der Waals surface area contributed by atoms with Crippen LogP contribution in [0.25, 0.3) is 0 Å². The molecule has 23 heteroatoms. The van der Waals surface area contributed by atoms with E-state index in [9.17, 15) is 35.9 Å². The summed E-state index contributed by atoms with van der Waals surface area (Å²) in [7, 11) is -12.2. The third-order valence-electron chi connectivity index (χ3n) is 4.74. The second-order valence-electron chi connectivity index (χ2n) is 8.44. The van der Waals surface area contributed by atoms with E-state index < -0.39 is 31.3 Å². The largest absolute Gasteiger partial charge is 2.00 e. The normalized spacial score (nSPS) is 11.3. The van der Waals surface area contributed by atoms with Crippen molar-refractivity contribution in [2.45, 2.75) is 11.0 Å². The van der Waals surface area contributed by atoms with Crippen LogP contribution in [0.4, 0.5) is 26.3 Å². The zero-order chi connectivity index (χ0) is 37.8. The van der Waals surface area contributed by atoms with Crippen LogP contribution in [-0.4, -0.2) is 109 Å². The molecule has 268 valence electrons. The Kier molecular flexibility index (Phi) is 20.6. The molecule has 0 atom stereocenters. The molecular formula is C28H22CaF6N6O8S2. The minimum absolute atomic E-state index is 0. The molecule has 0 spiro atoms. The molecule has 2 N–H and O–H groups in total. The van der Waals surface area contributed by atoms with E-state index in [1.54, 1.807) is 73.1 Å². The number of nitrogens with zero attached hydrogens (tertiary/aromatic N) is 4. The van der Waals surface area contributed by atoms with E-state index >= 15 is 0 Å². The molecule has 0 unspecified atom stereocenters. The van der Waals surface area contributed by atoms with Gasteiger partial charge in [-0.3, -0.25) is 19.6 Å². The Morgan fingerprint density at radius 3 is 1.08 bits per heavy atom. The topological polar surface area (TPSA) is 223 Å². The van der Waals surface area contributed by atoms with Crippen molar-refractivity contribution in [1.29, 1.82) is 0 Å². The van der Waals surface area contributed by atoms with Gasteiger partial charge in [-0.1, -0.05) is 48.5 Å². The van der Waals surface area contributed by atoms with Crippen LogP contribution in [0.5, 0.6) is 0 Å². The number of amides is 2. The van der Waals surface area contributed by atoms with Crippen molar-refractivity contribution in [2.24, 2.45) is 10.2 Å². The first kappa shape index (κ1) is 46.7. The van der Waals surface area contributed by atoms with E-state index in [2.05, 4.69) is 31.0 Å². The van der Waals surface area contributed by atoms with Gasteiger partial charge in [-0.2, -0.15) is 36.5 Å². The fraction of sp³-hybridized carbons (Fsp3) is 0.0714. The van der Waals surface area contributed by atoms with Crippen molar-refractivity contribution in [3.05, 3.63) is 132 Å². The molecule has 2 amide bonds. The van der Waals surface area contributed by atoms with Crippen molar-refractivity contribution < 1.29 is 61.9 Å². The Morgan fingerprint density at radius 1 is 0.569 bits per heavy atom. The molecule has 0 aliphatic rings. The molecule has 4 aromatic rings. The molecule has 2 heterocycles. The van der Waals surface area contributed by atoms with Gasteiger partial charge in [-0.15, -0.1) is 0 Å². The number of aromatic nitrogens is 2. The molecule has 0 saturated heterocycles. The van der Waals surface area contributed by atoms with Gasteiger partial charge in [0.15, 0.2) is 20.2 Å². The zero-order valence-corrected chi connectivity index (χ0v) is 29.2. The zero-order valence-electron chi connectivity index (χ0n) is 25.4. The van der Waals surface area contributed by atoms with Crippen molar-refractivity contribution in [2.75, 3.05) is 0 Å². The number of carbonyl (C=O) groups is 2. The number of halogens is 6. The number of hydrogen-bond donors (Lipinski definition) is 2. The Bertz CT molecular complexity index is 1770. The first-order chi connectivity index (χ1) is 23.2. The van der Waals surface area contributed by atoms with Crippen LogP contribution in [-0.2, 0) is 20.2 Å². The molecule has 14 nitrogen and oxygen atoms in total. The summed E-state index contributed by atoms with van der Waals surface area (Å²) in [6.45, 7) is 0. The predicted molar refractivity (Wildman–Crippen MR) is 169 cm³/mol. The summed E-state index contributed by atoms with van der Waals surface area (Å²) in [5.41, 5.74) is -3.88. The summed E-state index contributed by atoms with van der Waals surface area (Å²) in [4.78, 5) is 31.3. The van der Waals surface area contributed by atoms with E-state index in [1.165, 1.54) is 12.4 Å². The maximum absolute atomic E-state index is 11.6. The van der Waals surface area contributed by atoms with Crippen LogP contribution < -0.4 is 10.9 Å². The molecule has 51 heavy (non-hydrogen) atoms. The molecule has 2 aromatic carbocycles. The van der Waals surface area contributed by atoms with Crippen LogP contribution in [0.1, 0.15) is 32.1 Å². The summed E-state index contributed by atoms with van der Waals surface area (Å²) in [6.07, 6.45) is 6.34. The van der Waals surface area contributed by atoms with Crippen LogP contribution in [0.3, 0.4) is 0 Å². The van der Waals surface area contributed by atoms with Crippen LogP contribution in [0.2, 0.25) is 0 Å². The molecule has 2 aromatic heterocycles. The molecule has 0 aliphatic heterocycles. The van der Waals surface area contributed by atoms with Crippen molar-refractivity contribution >= 4 is 82.2 Å². The minimum Gasteiger partial charge on any atom is -0.741 e. The van der Waals surface area contributed by atoms with Crippen LogP contribution >= 0.6 is 0 Å². The average Bonchev–Trinajstić information content (AvgIpc) is 3.05.